The average Bonchev–Trinajstić information content (AvgIpc) is 2.72. The highest BCUT2D eigenvalue weighted by molar-refractivity contribution is 5.72. The van der Waals surface area contributed by atoms with Gasteiger partial charge in [0.25, 0.3) is 0 Å². The quantitative estimate of drug-likeness (QED) is 0.761. The molecule has 0 saturated heterocycles. The number of benzene rings is 1. The van der Waals surface area contributed by atoms with E-state index in [1.807, 2.05) is 31.3 Å². The Labute approximate surface area is 112 Å². The van der Waals surface area contributed by atoms with Crippen molar-refractivity contribution in [3.8, 4) is 0 Å². The molecule has 0 spiro atoms. The summed E-state index contributed by atoms with van der Waals surface area (Å²) in [4.78, 5) is 14.0. The predicted octanol–water partition coefficient (Wildman–Crippen LogP) is 1.14. The summed E-state index contributed by atoms with van der Waals surface area (Å²) < 4.78 is 6.91. The minimum atomic E-state index is -0.273. The Kier molecular flexibility index (Phi) is 4.76. The van der Waals surface area contributed by atoms with E-state index < -0.39 is 0 Å². The van der Waals surface area contributed by atoms with Crippen LogP contribution in [0.5, 0.6) is 0 Å². The molecule has 2 aromatic rings. The van der Waals surface area contributed by atoms with Crippen LogP contribution in [0.25, 0.3) is 11.1 Å². The molecule has 5 nitrogen and oxygen atoms in total. The summed E-state index contributed by atoms with van der Waals surface area (Å²) in [6.07, 6.45) is 1.11. The molecular weight excluding hydrogens is 242 g/mol. The molecular formula is C14H21N3O2. The number of nitrogens with one attached hydrogen (secondary N) is 1. The molecule has 0 atom stereocenters. The molecule has 1 N–H and O–H groups in total. The Morgan fingerprint density at radius 2 is 2.11 bits per heavy atom. The topological polar surface area (TPSA) is 50.4 Å². The summed E-state index contributed by atoms with van der Waals surface area (Å²) in [6.45, 7) is 3.53. The first-order chi connectivity index (χ1) is 9.22. The Balaban J connectivity index is 1.98. The Bertz CT molecular complexity index is 573. The lowest BCUT2D eigenvalue weighted by molar-refractivity contribution is 0.310. The summed E-state index contributed by atoms with van der Waals surface area (Å²) in [5, 5.41) is 3.13. The van der Waals surface area contributed by atoms with Crippen LogP contribution in [-0.4, -0.2) is 43.2 Å². The van der Waals surface area contributed by atoms with Crippen molar-refractivity contribution >= 4 is 11.1 Å². The molecule has 0 unspecified atom stereocenters. The van der Waals surface area contributed by atoms with Crippen LogP contribution in [-0.2, 0) is 6.54 Å². The normalized spacial score (nSPS) is 11.5. The Morgan fingerprint density at radius 1 is 1.32 bits per heavy atom. The number of nitrogens with zero attached hydrogens (tertiary/aromatic N) is 2. The molecule has 1 aromatic carbocycles. The van der Waals surface area contributed by atoms with Crippen molar-refractivity contribution in [3.63, 3.8) is 0 Å². The van der Waals surface area contributed by atoms with Gasteiger partial charge in [0.1, 0.15) is 0 Å². The summed E-state index contributed by atoms with van der Waals surface area (Å²) in [7, 11) is 4.03. The Morgan fingerprint density at radius 3 is 2.89 bits per heavy atom. The van der Waals surface area contributed by atoms with Gasteiger partial charge in [-0.05, 0) is 45.7 Å². The first-order valence-electron chi connectivity index (χ1n) is 6.64. The van der Waals surface area contributed by atoms with Crippen molar-refractivity contribution in [1.29, 1.82) is 0 Å². The molecule has 0 saturated carbocycles. The van der Waals surface area contributed by atoms with Gasteiger partial charge in [-0.15, -0.1) is 0 Å². The van der Waals surface area contributed by atoms with Gasteiger partial charge in [-0.3, -0.25) is 4.57 Å². The molecule has 19 heavy (non-hydrogen) atoms. The predicted molar refractivity (Wildman–Crippen MR) is 76.5 cm³/mol. The number of likely N-dealkylation sites (N-methyl/N-ethyl adjacent to an activating group) is 1. The van der Waals surface area contributed by atoms with Crippen molar-refractivity contribution in [2.75, 3.05) is 33.7 Å². The van der Waals surface area contributed by atoms with Gasteiger partial charge >= 0.3 is 5.76 Å². The third-order valence-corrected chi connectivity index (χ3v) is 3.25. The minimum absolute atomic E-state index is 0.273. The zero-order valence-corrected chi connectivity index (χ0v) is 11.6. The van der Waals surface area contributed by atoms with E-state index in [2.05, 4.69) is 17.3 Å². The van der Waals surface area contributed by atoms with E-state index in [9.17, 15) is 4.79 Å². The monoisotopic (exact) mass is 263 g/mol. The number of hydrogen-bond acceptors (Lipinski definition) is 4. The van der Waals surface area contributed by atoms with Crippen molar-refractivity contribution in [1.82, 2.24) is 14.8 Å². The first kappa shape index (κ1) is 13.8. The van der Waals surface area contributed by atoms with E-state index in [1.54, 1.807) is 4.57 Å². The molecule has 0 aliphatic rings. The molecule has 0 aliphatic heterocycles. The van der Waals surface area contributed by atoms with Gasteiger partial charge in [-0.1, -0.05) is 12.1 Å². The lowest BCUT2D eigenvalue weighted by atomic mass is 10.3. The number of aromatic nitrogens is 1. The molecule has 0 bridgehead atoms. The van der Waals surface area contributed by atoms with Crippen molar-refractivity contribution < 1.29 is 4.42 Å². The van der Waals surface area contributed by atoms with E-state index in [0.29, 0.717) is 12.1 Å². The van der Waals surface area contributed by atoms with Crippen LogP contribution in [0.4, 0.5) is 0 Å². The lowest BCUT2D eigenvalue weighted by Crippen LogP contribution is -2.28. The number of fused-ring (bicyclic) bond motifs is 1. The Hall–Kier alpha value is -1.59. The molecule has 0 amide bonds. The molecule has 0 fully saturated rings. The molecule has 2 rings (SSSR count). The second-order valence-electron chi connectivity index (χ2n) is 4.75. The van der Waals surface area contributed by atoms with Crippen LogP contribution < -0.4 is 11.1 Å². The molecule has 1 aromatic heterocycles. The maximum atomic E-state index is 11.8. The maximum absolute atomic E-state index is 11.8. The van der Waals surface area contributed by atoms with E-state index >= 15 is 0 Å². The van der Waals surface area contributed by atoms with Crippen LogP contribution >= 0.6 is 0 Å². The third kappa shape index (κ3) is 3.45. The fourth-order valence-electron chi connectivity index (χ4n) is 2.13. The van der Waals surface area contributed by atoms with Gasteiger partial charge < -0.3 is 14.6 Å². The van der Waals surface area contributed by atoms with E-state index in [1.165, 1.54) is 0 Å². The third-order valence-electron chi connectivity index (χ3n) is 3.25. The van der Waals surface area contributed by atoms with Crippen molar-refractivity contribution in [2.24, 2.45) is 0 Å². The minimum Gasteiger partial charge on any atom is -0.408 e. The first-order valence-corrected chi connectivity index (χ1v) is 6.64. The molecule has 1 heterocycles. The van der Waals surface area contributed by atoms with Gasteiger partial charge in [0.15, 0.2) is 5.58 Å². The van der Waals surface area contributed by atoms with Gasteiger partial charge in [0.2, 0.25) is 0 Å². The van der Waals surface area contributed by atoms with Gasteiger partial charge in [0.05, 0.1) is 5.52 Å². The van der Waals surface area contributed by atoms with Crippen LogP contribution in [0.1, 0.15) is 6.42 Å². The smallest absolute Gasteiger partial charge is 0.408 e. The number of oxazole rings is 1. The standard InChI is InChI=1S/C14H21N3O2/c1-15-8-5-9-16(2)10-11-17-12-6-3-4-7-13(12)19-14(17)18/h3-4,6-7,15H,5,8-11H2,1-2H3. The molecule has 104 valence electrons. The van der Waals surface area contributed by atoms with E-state index in [4.69, 9.17) is 4.42 Å². The van der Waals surface area contributed by atoms with Crippen LogP contribution in [0, 0.1) is 0 Å². The highest BCUT2D eigenvalue weighted by atomic mass is 16.4. The van der Waals surface area contributed by atoms with Crippen molar-refractivity contribution in [3.05, 3.63) is 34.8 Å². The highest BCUT2D eigenvalue weighted by Gasteiger charge is 2.08. The second kappa shape index (κ2) is 6.54. The van der Waals surface area contributed by atoms with Gasteiger partial charge in [-0.25, -0.2) is 4.79 Å². The van der Waals surface area contributed by atoms with E-state index in [-0.39, 0.29) is 5.76 Å². The molecule has 0 radical (unpaired) electrons. The number of hydrogen-bond donors (Lipinski definition) is 1. The van der Waals surface area contributed by atoms with Crippen molar-refractivity contribution in [2.45, 2.75) is 13.0 Å². The average molecular weight is 263 g/mol. The van der Waals surface area contributed by atoms with Crippen LogP contribution in [0.15, 0.2) is 33.5 Å². The fourth-order valence-corrected chi connectivity index (χ4v) is 2.13. The molecule has 0 aliphatic carbocycles. The summed E-state index contributed by atoms with van der Waals surface area (Å²) in [5.74, 6) is -0.273. The zero-order chi connectivity index (χ0) is 13.7. The fraction of sp³-hybridized carbons (Fsp3) is 0.500. The largest absolute Gasteiger partial charge is 0.419 e. The number of para-hydroxylation sites is 2. The van der Waals surface area contributed by atoms with Gasteiger partial charge in [0, 0.05) is 13.1 Å². The summed E-state index contributed by atoms with van der Waals surface area (Å²) in [6, 6.07) is 7.54. The highest BCUT2D eigenvalue weighted by Crippen LogP contribution is 2.11. The lowest BCUT2D eigenvalue weighted by Gasteiger charge is -2.16. The van der Waals surface area contributed by atoms with Crippen LogP contribution in [0.3, 0.4) is 0 Å². The number of rotatable bonds is 7. The van der Waals surface area contributed by atoms with Gasteiger partial charge in [-0.2, -0.15) is 0 Å². The second-order valence-corrected chi connectivity index (χ2v) is 4.75. The maximum Gasteiger partial charge on any atom is 0.419 e. The summed E-state index contributed by atoms with van der Waals surface area (Å²) >= 11 is 0. The summed E-state index contributed by atoms with van der Waals surface area (Å²) in [5.41, 5.74) is 1.53. The van der Waals surface area contributed by atoms with E-state index in [0.717, 1.165) is 31.6 Å². The molecule has 5 heteroatoms. The van der Waals surface area contributed by atoms with Crippen LogP contribution in [0.2, 0.25) is 0 Å². The zero-order valence-electron chi connectivity index (χ0n) is 11.6. The SMILES string of the molecule is CNCCCN(C)CCn1c(=O)oc2ccccc21.